The van der Waals surface area contributed by atoms with E-state index in [1.165, 1.54) is 11.0 Å². The minimum atomic E-state index is -0.962. The van der Waals surface area contributed by atoms with Crippen LogP contribution in [0.3, 0.4) is 0 Å². The number of amides is 1. The number of rotatable bonds is 2. The Morgan fingerprint density at radius 2 is 1.84 bits per heavy atom. The Kier molecular flexibility index (Phi) is 4.14. The molecule has 5 heteroatoms. The lowest BCUT2D eigenvalue weighted by Crippen LogP contribution is -2.35. The molecule has 1 amide bonds. The van der Waals surface area contributed by atoms with Gasteiger partial charge in [-0.2, -0.15) is 0 Å². The number of benzene rings is 1. The van der Waals surface area contributed by atoms with Gasteiger partial charge in [0.1, 0.15) is 0 Å². The number of aliphatic hydroxyl groups is 1. The Hall–Kier alpha value is -1.49. The van der Waals surface area contributed by atoms with Gasteiger partial charge in [0.2, 0.25) is 5.91 Å². The lowest BCUT2D eigenvalue weighted by Gasteiger charge is -2.28. The average molecular weight is 269 g/mol. The summed E-state index contributed by atoms with van der Waals surface area (Å²) < 4.78 is 26.0. The summed E-state index contributed by atoms with van der Waals surface area (Å²) in [6.07, 6.45) is 2.17. The highest BCUT2D eigenvalue weighted by Gasteiger charge is 2.28. The van der Waals surface area contributed by atoms with E-state index in [4.69, 9.17) is 0 Å². The van der Waals surface area contributed by atoms with Gasteiger partial charge in [0.05, 0.1) is 6.10 Å². The summed E-state index contributed by atoms with van der Waals surface area (Å²) in [5.41, 5.74) is 0.343. The molecule has 0 radical (unpaired) electrons. The van der Waals surface area contributed by atoms with Crippen molar-refractivity contribution < 1.29 is 18.7 Å². The predicted octanol–water partition coefficient (Wildman–Crippen LogP) is 2.48. The second kappa shape index (κ2) is 5.65. The Morgan fingerprint density at radius 3 is 2.42 bits per heavy atom. The molecule has 0 spiro atoms. The van der Waals surface area contributed by atoms with Gasteiger partial charge in [0.15, 0.2) is 11.6 Å². The van der Waals surface area contributed by atoms with Gasteiger partial charge in [-0.05, 0) is 37.8 Å². The van der Waals surface area contributed by atoms with Crippen LogP contribution in [0.15, 0.2) is 18.2 Å². The number of carbonyl (C=O) groups excluding carboxylic acids is 1. The van der Waals surface area contributed by atoms with Crippen molar-refractivity contribution in [3.05, 3.63) is 29.8 Å². The molecule has 1 aromatic carbocycles. The SMILES string of the molecule is CN(C(=O)C1CCC(O)CC1)c1ccc(F)c(F)c1. The number of halogens is 2. The molecule has 3 nitrogen and oxygen atoms in total. The molecule has 0 aromatic heterocycles. The van der Waals surface area contributed by atoms with Crippen LogP contribution in [0.5, 0.6) is 0 Å². The monoisotopic (exact) mass is 269 g/mol. The fraction of sp³-hybridized carbons (Fsp3) is 0.500. The maximum atomic E-state index is 13.2. The van der Waals surface area contributed by atoms with Gasteiger partial charge in [-0.15, -0.1) is 0 Å². The van der Waals surface area contributed by atoms with Gasteiger partial charge < -0.3 is 10.0 Å². The van der Waals surface area contributed by atoms with Crippen LogP contribution in [0.2, 0.25) is 0 Å². The van der Waals surface area contributed by atoms with Crippen LogP contribution in [-0.2, 0) is 4.79 Å². The minimum Gasteiger partial charge on any atom is -0.393 e. The van der Waals surface area contributed by atoms with E-state index in [1.54, 1.807) is 7.05 Å². The third kappa shape index (κ3) is 3.10. The quantitative estimate of drug-likeness (QED) is 0.896. The third-order valence-corrected chi connectivity index (χ3v) is 3.67. The topological polar surface area (TPSA) is 40.5 Å². The van der Waals surface area contributed by atoms with E-state index in [-0.39, 0.29) is 17.9 Å². The number of hydrogen-bond acceptors (Lipinski definition) is 2. The first kappa shape index (κ1) is 13.9. The Morgan fingerprint density at radius 1 is 1.21 bits per heavy atom. The Balaban J connectivity index is 2.08. The molecular weight excluding hydrogens is 252 g/mol. The van der Waals surface area contributed by atoms with Gasteiger partial charge in [-0.3, -0.25) is 4.79 Å². The zero-order valence-electron chi connectivity index (χ0n) is 10.8. The molecule has 1 aromatic rings. The summed E-state index contributed by atoms with van der Waals surface area (Å²) in [5, 5.41) is 9.42. The molecule has 1 N–H and O–H groups in total. The van der Waals surface area contributed by atoms with Crippen LogP contribution < -0.4 is 4.90 Å². The van der Waals surface area contributed by atoms with E-state index in [2.05, 4.69) is 0 Å². The molecule has 104 valence electrons. The van der Waals surface area contributed by atoms with E-state index >= 15 is 0 Å². The van der Waals surface area contributed by atoms with E-state index in [1.807, 2.05) is 0 Å². The highest BCUT2D eigenvalue weighted by Crippen LogP contribution is 2.27. The number of anilines is 1. The van der Waals surface area contributed by atoms with Gasteiger partial charge in [0.25, 0.3) is 0 Å². The molecule has 0 heterocycles. The van der Waals surface area contributed by atoms with Crippen molar-refractivity contribution in [2.75, 3.05) is 11.9 Å². The molecule has 0 unspecified atom stereocenters. The summed E-state index contributed by atoms with van der Waals surface area (Å²) >= 11 is 0. The average Bonchev–Trinajstić information content (AvgIpc) is 2.41. The summed E-state index contributed by atoms with van der Waals surface area (Å²) in [5.74, 6) is -2.15. The molecule has 1 saturated carbocycles. The largest absolute Gasteiger partial charge is 0.393 e. The van der Waals surface area contributed by atoms with E-state index in [0.29, 0.717) is 31.4 Å². The van der Waals surface area contributed by atoms with E-state index in [9.17, 15) is 18.7 Å². The standard InChI is InChI=1S/C14H17F2NO2/c1-17(10-4-7-12(15)13(16)8-10)14(19)9-2-5-11(18)6-3-9/h4,7-9,11,18H,2-3,5-6H2,1H3. The number of nitrogens with zero attached hydrogens (tertiary/aromatic N) is 1. The second-order valence-corrected chi connectivity index (χ2v) is 5.00. The van der Waals surface area contributed by atoms with Crippen LogP contribution in [-0.4, -0.2) is 24.2 Å². The van der Waals surface area contributed by atoms with Crippen molar-refractivity contribution in [2.24, 2.45) is 5.92 Å². The predicted molar refractivity (Wildman–Crippen MR) is 67.7 cm³/mol. The Labute approximate surface area is 110 Å². The zero-order chi connectivity index (χ0) is 14.0. The van der Waals surface area contributed by atoms with E-state index < -0.39 is 11.6 Å². The fourth-order valence-electron chi connectivity index (χ4n) is 2.42. The lowest BCUT2D eigenvalue weighted by molar-refractivity contribution is -0.123. The van der Waals surface area contributed by atoms with Gasteiger partial charge >= 0.3 is 0 Å². The lowest BCUT2D eigenvalue weighted by atomic mass is 9.86. The second-order valence-electron chi connectivity index (χ2n) is 5.00. The van der Waals surface area contributed by atoms with Crippen LogP contribution in [0.1, 0.15) is 25.7 Å². The van der Waals surface area contributed by atoms with Crippen molar-refractivity contribution in [1.29, 1.82) is 0 Å². The number of hydrogen-bond donors (Lipinski definition) is 1. The number of aliphatic hydroxyl groups excluding tert-OH is 1. The summed E-state index contributed by atoms with van der Waals surface area (Å²) in [6, 6.07) is 3.41. The zero-order valence-corrected chi connectivity index (χ0v) is 10.8. The minimum absolute atomic E-state index is 0.113. The molecule has 19 heavy (non-hydrogen) atoms. The molecule has 1 fully saturated rings. The fourth-order valence-corrected chi connectivity index (χ4v) is 2.42. The first-order valence-electron chi connectivity index (χ1n) is 6.39. The third-order valence-electron chi connectivity index (χ3n) is 3.67. The van der Waals surface area contributed by atoms with Gasteiger partial charge in [0, 0.05) is 24.7 Å². The first-order chi connectivity index (χ1) is 8.99. The van der Waals surface area contributed by atoms with Crippen LogP contribution in [0.4, 0.5) is 14.5 Å². The molecule has 0 aliphatic heterocycles. The van der Waals surface area contributed by atoms with Gasteiger partial charge in [-0.25, -0.2) is 8.78 Å². The molecule has 2 rings (SSSR count). The molecule has 0 saturated heterocycles. The molecule has 1 aliphatic carbocycles. The maximum absolute atomic E-state index is 13.2. The van der Waals surface area contributed by atoms with Crippen LogP contribution >= 0.6 is 0 Å². The molecule has 0 bridgehead atoms. The highest BCUT2D eigenvalue weighted by atomic mass is 19.2. The van der Waals surface area contributed by atoms with Crippen LogP contribution in [0.25, 0.3) is 0 Å². The smallest absolute Gasteiger partial charge is 0.229 e. The number of carbonyl (C=O) groups is 1. The summed E-state index contributed by atoms with van der Waals surface area (Å²) in [6.45, 7) is 0. The molecule has 0 atom stereocenters. The van der Waals surface area contributed by atoms with Gasteiger partial charge in [-0.1, -0.05) is 0 Å². The van der Waals surface area contributed by atoms with Crippen molar-refractivity contribution in [2.45, 2.75) is 31.8 Å². The highest BCUT2D eigenvalue weighted by molar-refractivity contribution is 5.94. The van der Waals surface area contributed by atoms with Crippen molar-refractivity contribution >= 4 is 11.6 Å². The summed E-state index contributed by atoms with van der Waals surface area (Å²) in [7, 11) is 1.56. The Bertz CT molecular complexity index is 471. The van der Waals surface area contributed by atoms with E-state index in [0.717, 1.165) is 12.1 Å². The first-order valence-corrected chi connectivity index (χ1v) is 6.39. The molecule has 1 aliphatic rings. The van der Waals surface area contributed by atoms with Crippen LogP contribution in [0, 0.1) is 17.6 Å². The normalized spacial score (nSPS) is 23.2. The summed E-state index contributed by atoms with van der Waals surface area (Å²) in [4.78, 5) is 13.6. The maximum Gasteiger partial charge on any atom is 0.229 e. The van der Waals surface area contributed by atoms with Crippen molar-refractivity contribution in [3.63, 3.8) is 0 Å². The van der Waals surface area contributed by atoms with Crippen molar-refractivity contribution in [1.82, 2.24) is 0 Å². The van der Waals surface area contributed by atoms with Crippen molar-refractivity contribution in [3.8, 4) is 0 Å². The molecular formula is C14H17F2NO2.